The van der Waals surface area contributed by atoms with Crippen molar-refractivity contribution in [1.29, 1.82) is 0 Å². The maximum absolute atomic E-state index is 10.7. The first kappa shape index (κ1) is 11.5. The Morgan fingerprint density at radius 3 is 2.25 bits per heavy atom. The summed E-state index contributed by atoms with van der Waals surface area (Å²) in [6, 6.07) is 0. The van der Waals surface area contributed by atoms with E-state index in [1.54, 1.807) is 6.92 Å². The molecule has 0 fully saturated rings. The molecule has 0 heterocycles. The van der Waals surface area contributed by atoms with E-state index in [1.807, 2.05) is 0 Å². The van der Waals surface area contributed by atoms with Gasteiger partial charge in [-0.3, -0.25) is 4.79 Å². The lowest BCUT2D eigenvalue weighted by Gasteiger charge is -2.32. The Labute approximate surface area is 75.7 Å². The molecule has 1 atom stereocenters. The predicted molar refractivity (Wildman–Crippen MR) is 51.9 cm³/mol. The van der Waals surface area contributed by atoms with E-state index in [2.05, 4.69) is 33.0 Å². The van der Waals surface area contributed by atoms with Gasteiger partial charge in [-0.1, -0.05) is 27.7 Å². The van der Waals surface area contributed by atoms with Crippen molar-refractivity contribution in [2.75, 3.05) is 6.54 Å². The Kier molecular flexibility index (Phi) is 4.29. The minimum atomic E-state index is 0.0651. The molecular formula is C10H21NO. The van der Waals surface area contributed by atoms with Gasteiger partial charge < -0.3 is 5.32 Å². The predicted octanol–water partition coefficient (Wildman–Crippen LogP) is 2.19. The van der Waals surface area contributed by atoms with Crippen LogP contribution in [0.2, 0.25) is 0 Å². The first-order chi connectivity index (χ1) is 5.42. The van der Waals surface area contributed by atoms with Crippen molar-refractivity contribution < 1.29 is 4.79 Å². The van der Waals surface area contributed by atoms with Gasteiger partial charge in [-0.2, -0.15) is 0 Å². The number of carbonyl (C=O) groups excluding carboxylic acids is 1. The van der Waals surface area contributed by atoms with Crippen LogP contribution in [0.15, 0.2) is 0 Å². The Balaban J connectivity index is 4.05. The molecule has 0 aliphatic heterocycles. The van der Waals surface area contributed by atoms with Crippen LogP contribution in [0.25, 0.3) is 0 Å². The van der Waals surface area contributed by atoms with Gasteiger partial charge in [0.2, 0.25) is 5.91 Å². The van der Waals surface area contributed by atoms with Gasteiger partial charge in [0.1, 0.15) is 0 Å². The monoisotopic (exact) mass is 171 g/mol. The van der Waals surface area contributed by atoms with Crippen LogP contribution < -0.4 is 5.32 Å². The summed E-state index contributed by atoms with van der Waals surface area (Å²) in [7, 11) is 0. The Hall–Kier alpha value is -0.530. The van der Waals surface area contributed by atoms with E-state index in [0.717, 1.165) is 13.0 Å². The summed E-state index contributed by atoms with van der Waals surface area (Å²) in [6.45, 7) is 11.1. The number of amides is 1. The Morgan fingerprint density at radius 1 is 1.50 bits per heavy atom. The molecule has 0 spiro atoms. The molecule has 2 nitrogen and oxygen atoms in total. The van der Waals surface area contributed by atoms with E-state index in [-0.39, 0.29) is 11.3 Å². The quantitative estimate of drug-likeness (QED) is 0.690. The molecule has 0 rings (SSSR count). The lowest BCUT2D eigenvalue weighted by molar-refractivity contribution is -0.119. The van der Waals surface area contributed by atoms with Crippen LogP contribution in [-0.2, 0) is 4.79 Å². The Bertz CT molecular complexity index is 154. The van der Waals surface area contributed by atoms with Gasteiger partial charge in [-0.25, -0.2) is 0 Å². The zero-order valence-corrected chi connectivity index (χ0v) is 8.90. The summed E-state index contributed by atoms with van der Waals surface area (Å²) in [4.78, 5) is 10.7. The van der Waals surface area contributed by atoms with E-state index >= 15 is 0 Å². The molecule has 0 radical (unpaired) electrons. The number of carbonyl (C=O) groups is 1. The van der Waals surface area contributed by atoms with Crippen LogP contribution >= 0.6 is 0 Å². The number of hydrogen-bond acceptors (Lipinski definition) is 1. The third-order valence-electron chi connectivity index (χ3n) is 2.94. The van der Waals surface area contributed by atoms with E-state index in [9.17, 15) is 4.79 Å². The molecule has 0 bridgehead atoms. The molecule has 1 amide bonds. The van der Waals surface area contributed by atoms with E-state index in [4.69, 9.17) is 0 Å². The van der Waals surface area contributed by atoms with Gasteiger partial charge in [0.25, 0.3) is 0 Å². The van der Waals surface area contributed by atoms with Crippen LogP contribution in [-0.4, -0.2) is 12.5 Å². The highest BCUT2D eigenvalue weighted by Crippen LogP contribution is 2.29. The van der Waals surface area contributed by atoms with Crippen LogP contribution in [0.3, 0.4) is 0 Å². The summed E-state index contributed by atoms with van der Waals surface area (Å²) in [6.07, 6.45) is 1.10. The zero-order valence-electron chi connectivity index (χ0n) is 8.90. The van der Waals surface area contributed by atoms with E-state index in [1.165, 1.54) is 0 Å². The molecule has 1 N–H and O–H groups in total. The van der Waals surface area contributed by atoms with E-state index in [0.29, 0.717) is 5.92 Å². The highest BCUT2D eigenvalue weighted by molar-refractivity contribution is 5.72. The summed E-state index contributed by atoms with van der Waals surface area (Å²) < 4.78 is 0. The third kappa shape index (κ3) is 3.24. The van der Waals surface area contributed by atoms with Crippen LogP contribution in [0.1, 0.15) is 41.0 Å². The number of nitrogens with one attached hydrogen (secondary N) is 1. The topological polar surface area (TPSA) is 29.1 Å². The summed E-state index contributed by atoms with van der Waals surface area (Å²) in [5.74, 6) is 0.671. The highest BCUT2D eigenvalue weighted by atomic mass is 16.1. The molecular weight excluding hydrogens is 150 g/mol. The number of rotatable bonds is 4. The second-order valence-corrected chi connectivity index (χ2v) is 4.07. The summed E-state index contributed by atoms with van der Waals surface area (Å²) in [5, 5.41) is 2.88. The van der Waals surface area contributed by atoms with Gasteiger partial charge in [0.05, 0.1) is 0 Å². The molecule has 0 saturated carbocycles. The molecule has 12 heavy (non-hydrogen) atoms. The van der Waals surface area contributed by atoms with Crippen molar-refractivity contribution >= 4 is 5.91 Å². The lowest BCUT2D eigenvalue weighted by Crippen LogP contribution is -2.37. The normalized spacial score (nSPS) is 15.8. The molecule has 0 aliphatic carbocycles. The van der Waals surface area contributed by atoms with Crippen molar-refractivity contribution in [2.24, 2.45) is 11.3 Å². The van der Waals surface area contributed by atoms with Crippen molar-refractivity contribution in [3.63, 3.8) is 0 Å². The van der Waals surface area contributed by atoms with Gasteiger partial charge in [0.15, 0.2) is 0 Å². The van der Waals surface area contributed by atoms with Gasteiger partial charge >= 0.3 is 0 Å². The SMILES string of the molecule is CC[C@](C)(CNC(C)=O)C(C)C. The highest BCUT2D eigenvalue weighted by Gasteiger charge is 2.25. The van der Waals surface area contributed by atoms with Crippen molar-refractivity contribution in [3.8, 4) is 0 Å². The van der Waals surface area contributed by atoms with Gasteiger partial charge in [-0.05, 0) is 17.8 Å². The lowest BCUT2D eigenvalue weighted by atomic mass is 9.77. The fourth-order valence-electron chi connectivity index (χ4n) is 1.06. The first-order valence-corrected chi connectivity index (χ1v) is 4.67. The maximum Gasteiger partial charge on any atom is 0.216 e. The average molecular weight is 171 g/mol. The molecule has 2 heteroatoms. The first-order valence-electron chi connectivity index (χ1n) is 4.67. The van der Waals surface area contributed by atoms with Crippen molar-refractivity contribution in [2.45, 2.75) is 41.0 Å². The molecule has 0 aromatic carbocycles. The molecule has 0 aliphatic rings. The van der Waals surface area contributed by atoms with Gasteiger partial charge in [-0.15, -0.1) is 0 Å². The molecule has 72 valence electrons. The van der Waals surface area contributed by atoms with Crippen LogP contribution in [0.4, 0.5) is 0 Å². The van der Waals surface area contributed by atoms with Crippen molar-refractivity contribution in [3.05, 3.63) is 0 Å². The van der Waals surface area contributed by atoms with Crippen LogP contribution in [0, 0.1) is 11.3 Å². The second kappa shape index (κ2) is 4.48. The minimum absolute atomic E-state index is 0.0651. The van der Waals surface area contributed by atoms with Crippen LogP contribution in [0.5, 0.6) is 0 Å². The molecule has 0 aromatic heterocycles. The molecule has 0 aromatic rings. The molecule has 0 saturated heterocycles. The smallest absolute Gasteiger partial charge is 0.216 e. The largest absolute Gasteiger partial charge is 0.356 e. The minimum Gasteiger partial charge on any atom is -0.356 e. The fourth-order valence-corrected chi connectivity index (χ4v) is 1.06. The summed E-state index contributed by atoms with van der Waals surface area (Å²) in [5.41, 5.74) is 0.242. The van der Waals surface area contributed by atoms with Crippen molar-refractivity contribution in [1.82, 2.24) is 5.32 Å². The average Bonchev–Trinajstić information content (AvgIpc) is 1.99. The molecule has 0 unspecified atom stereocenters. The number of hydrogen-bond donors (Lipinski definition) is 1. The summed E-state index contributed by atoms with van der Waals surface area (Å²) >= 11 is 0. The van der Waals surface area contributed by atoms with E-state index < -0.39 is 0 Å². The second-order valence-electron chi connectivity index (χ2n) is 4.07. The fraction of sp³-hybridized carbons (Fsp3) is 0.900. The Morgan fingerprint density at radius 2 is 2.00 bits per heavy atom. The third-order valence-corrected chi connectivity index (χ3v) is 2.94. The standard InChI is InChI=1S/C10H21NO/c1-6-10(5,8(2)3)7-11-9(4)12/h8H,6-7H2,1-5H3,(H,11,12)/t10-/m1/s1. The zero-order chi connectivity index (χ0) is 9.78. The van der Waals surface area contributed by atoms with Gasteiger partial charge in [0, 0.05) is 13.5 Å². The maximum atomic E-state index is 10.7.